The van der Waals surface area contributed by atoms with Crippen LogP contribution in [-0.4, -0.2) is 30.6 Å². The fraction of sp³-hybridized carbons (Fsp3) is 0.273. The summed E-state index contributed by atoms with van der Waals surface area (Å²) in [4.78, 5) is 21.9. The maximum atomic E-state index is 10.9. The van der Waals surface area contributed by atoms with Crippen LogP contribution in [0.2, 0.25) is 5.02 Å². The van der Waals surface area contributed by atoms with Crippen molar-refractivity contribution in [1.82, 2.24) is 5.32 Å². The summed E-state index contributed by atoms with van der Waals surface area (Å²) in [7, 11) is 1.52. The number of ether oxygens (including phenoxy) is 1. The second-order valence-corrected chi connectivity index (χ2v) is 3.65. The summed E-state index contributed by atoms with van der Waals surface area (Å²) >= 11 is 5.68. The van der Waals surface area contributed by atoms with E-state index in [-0.39, 0.29) is 30.2 Å². The summed E-state index contributed by atoms with van der Waals surface area (Å²) in [6, 6.07) is 4.30. The Balaban J connectivity index is 2.70. The molecule has 0 aliphatic carbocycles. The zero-order valence-electron chi connectivity index (χ0n) is 9.20. The lowest BCUT2D eigenvalue weighted by molar-refractivity contribution is -0.121. The summed E-state index contributed by atoms with van der Waals surface area (Å²) < 4.78 is 5.23. The number of hydrogen-bond acceptors (Lipinski definition) is 3. The second-order valence-electron chi connectivity index (χ2n) is 3.22. The van der Waals surface area contributed by atoms with Crippen LogP contribution in [0.4, 0.5) is 0 Å². The molecule has 1 aromatic carbocycles. The Labute approximate surface area is 103 Å². The average Bonchev–Trinajstić information content (AvgIpc) is 2.30. The van der Waals surface area contributed by atoms with Crippen LogP contribution in [0.5, 0.6) is 5.75 Å². The van der Waals surface area contributed by atoms with Gasteiger partial charge in [0.2, 0.25) is 5.91 Å². The molecule has 6 heteroatoms. The fourth-order valence-electron chi connectivity index (χ4n) is 1.17. The highest BCUT2D eigenvalue weighted by atomic mass is 35.5. The van der Waals surface area contributed by atoms with Gasteiger partial charge >= 0.3 is 5.97 Å². The largest absolute Gasteiger partial charge is 0.492 e. The molecule has 2 N–H and O–H groups in total. The molecule has 1 rings (SSSR count). The summed E-state index contributed by atoms with van der Waals surface area (Å²) in [6.45, 7) is 0.113. The van der Waals surface area contributed by atoms with Gasteiger partial charge in [-0.15, -0.1) is 0 Å². The van der Waals surface area contributed by atoms with Gasteiger partial charge in [0.25, 0.3) is 0 Å². The van der Waals surface area contributed by atoms with Gasteiger partial charge in [0.15, 0.2) is 0 Å². The van der Waals surface area contributed by atoms with Crippen LogP contribution >= 0.6 is 11.6 Å². The maximum absolute atomic E-state index is 10.9. The predicted octanol–water partition coefficient (Wildman–Crippen LogP) is 1.55. The standard InChI is InChI=1S/C11H12ClNO4/c1-13-10(14)4-5-17-9-3-2-7(12)6-8(9)11(15)16/h2-3,6H,4-5H2,1H3,(H,13,14)(H,15,16). The first-order chi connectivity index (χ1) is 8.04. The van der Waals surface area contributed by atoms with E-state index in [0.717, 1.165) is 0 Å². The number of benzene rings is 1. The van der Waals surface area contributed by atoms with Crippen LogP contribution < -0.4 is 10.1 Å². The summed E-state index contributed by atoms with van der Waals surface area (Å²) in [6.07, 6.45) is 0.165. The Kier molecular flexibility index (Phi) is 4.78. The third-order valence-corrected chi connectivity index (χ3v) is 2.27. The lowest BCUT2D eigenvalue weighted by Crippen LogP contribution is -2.20. The molecule has 92 valence electrons. The molecule has 5 nitrogen and oxygen atoms in total. The molecule has 0 spiro atoms. The minimum Gasteiger partial charge on any atom is -0.492 e. The molecular weight excluding hydrogens is 246 g/mol. The number of carboxylic acid groups (broad SMARTS) is 1. The molecule has 0 radical (unpaired) electrons. The zero-order valence-corrected chi connectivity index (χ0v) is 9.95. The SMILES string of the molecule is CNC(=O)CCOc1ccc(Cl)cc1C(=O)O. The van der Waals surface area contributed by atoms with E-state index in [0.29, 0.717) is 5.02 Å². The van der Waals surface area contributed by atoms with Crippen LogP contribution in [0.3, 0.4) is 0 Å². The molecule has 0 fully saturated rings. The van der Waals surface area contributed by atoms with E-state index in [1.807, 2.05) is 0 Å². The van der Waals surface area contributed by atoms with Gasteiger partial charge in [0.1, 0.15) is 11.3 Å². The lowest BCUT2D eigenvalue weighted by Gasteiger charge is -2.08. The second kappa shape index (κ2) is 6.10. The highest BCUT2D eigenvalue weighted by Gasteiger charge is 2.12. The first-order valence-corrected chi connectivity index (χ1v) is 5.28. The number of carboxylic acids is 1. The Morgan fingerprint density at radius 2 is 2.18 bits per heavy atom. The Bertz CT molecular complexity index is 433. The minimum absolute atomic E-state index is 0.0191. The molecule has 1 amide bonds. The van der Waals surface area contributed by atoms with Crippen LogP contribution in [-0.2, 0) is 4.79 Å². The van der Waals surface area contributed by atoms with Gasteiger partial charge in [0.05, 0.1) is 13.0 Å². The predicted molar refractivity (Wildman–Crippen MR) is 62.6 cm³/mol. The van der Waals surface area contributed by atoms with Gasteiger partial charge in [0, 0.05) is 12.1 Å². The molecule has 0 aliphatic rings. The average molecular weight is 258 g/mol. The highest BCUT2D eigenvalue weighted by Crippen LogP contribution is 2.22. The number of halogens is 1. The van der Waals surface area contributed by atoms with Crippen molar-refractivity contribution in [2.24, 2.45) is 0 Å². The molecule has 0 bridgehead atoms. The molecule has 0 saturated carbocycles. The fourth-order valence-corrected chi connectivity index (χ4v) is 1.35. The molecule has 0 atom stereocenters. The van der Waals surface area contributed by atoms with Gasteiger partial charge in [-0.1, -0.05) is 11.6 Å². The summed E-state index contributed by atoms with van der Waals surface area (Å²) in [5.41, 5.74) is -0.0191. The van der Waals surface area contributed by atoms with Crippen LogP contribution in [0.15, 0.2) is 18.2 Å². The first-order valence-electron chi connectivity index (χ1n) is 4.91. The molecular formula is C11H12ClNO4. The van der Waals surface area contributed by atoms with E-state index >= 15 is 0 Å². The topological polar surface area (TPSA) is 75.6 Å². The monoisotopic (exact) mass is 257 g/mol. The van der Waals surface area contributed by atoms with Crippen molar-refractivity contribution in [3.8, 4) is 5.75 Å². The Hall–Kier alpha value is -1.75. The van der Waals surface area contributed by atoms with Crippen molar-refractivity contribution in [1.29, 1.82) is 0 Å². The van der Waals surface area contributed by atoms with E-state index in [4.69, 9.17) is 21.4 Å². The van der Waals surface area contributed by atoms with E-state index < -0.39 is 5.97 Å². The third kappa shape index (κ3) is 3.96. The van der Waals surface area contributed by atoms with E-state index in [2.05, 4.69) is 5.32 Å². The number of carbonyl (C=O) groups excluding carboxylic acids is 1. The van der Waals surface area contributed by atoms with Gasteiger partial charge in [-0.25, -0.2) is 4.79 Å². The molecule has 0 saturated heterocycles. The number of aromatic carboxylic acids is 1. The molecule has 0 heterocycles. The minimum atomic E-state index is -1.12. The maximum Gasteiger partial charge on any atom is 0.339 e. The van der Waals surface area contributed by atoms with E-state index in [1.54, 1.807) is 0 Å². The van der Waals surface area contributed by atoms with Gasteiger partial charge < -0.3 is 15.2 Å². The number of carbonyl (C=O) groups is 2. The molecule has 0 aromatic heterocycles. The molecule has 17 heavy (non-hydrogen) atoms. The number of hydrogen-bond donors (Lipinski definition) is 2. The summed E-state index contributed by atoms with van der Waals surface area (Å²) in [5.74, 6) is -1.09. The quantitative estimate of drug-likeness (QED) is 0.839. The first kappa shape index (κ1) is 13.3. The lowest BCUT2D eigenvalue weighted by atomic mass is 10.2. The number of rotatable bonds is 5. The van der Waals surface area contributed by atoms with Crippen molar-refractivity contribution in [3.63, 3.8) is 0 Å². The smallest absolute Gasteiger partial charge is 0.339 e. The Morgan fingerprint density at radius 3 is 2.76 bits per heavy atom. The summed E-state index contributed by atoms with van der Waals surface area (Å²) in [5, 5.41) is 11.7. The third-order valence-electron chi connectivity index (χ3n) is 2.04. The normalized spacial score (nSPS) is 9.76. The molecule has 0 aliphatic heterocycles. The van der Waals surface area contributed by atoms with E-state index in [9.17, 15) is 9.59 Å². The van der Waals surface area contributed by atoms with Crippen molar-refractivity contribution >= 4 is 23.5 Å². The van der Waals surface area contributed by atoms with Crippen molar-refractivity contribution in [2.75, 3.05) is 13.7 Å². The van der Waals surface area contributed by atoms with Crippen molar-refractivity contribution in [3.05, 3.63) is 28.8 Å². The van der Waals surface area contributed by atoms with Crippen molar-refractivity contribution < 1.29 is 19.4 Å². The number of nitrogens with one attached hydrogen (secondary N) is 1. The molecule has 1 aromatic rings. The van der Waals surface area contributed by atoms with Gasteiger partial charge in [-0.2, -0.15) is 0 Å². The number of amides is 1. The highest BCUT2D eigenvalue weighted by molar-refractivity contribution is 6.31. The zero-order chi connectivity index (χ0) is 12.8. The van der Waals surface area contributed by atoms with Crippen LogP contribution in [0.25, 0.3) is 0 Å². The Morgan fingerprint density at radius 1 is 1.47 bits per heavy atom. The van der Waals surface area contributed by atoms with Crippen LogP contribution in [0, 0.1) is 0 Å². The molecule has 0 unspecified atom stereocenters. The van der Waals surface area contributed by atoms with Crippen molar-refractivity contribution in [2.45, 2.75) is 6.42 Å². The van der Waals surface area contributed by atoms with E-state index in [1.165, 1.54) is 25.2 Å². The van der Waals surface area contributed by atoms with Gasteiger partial charge in [-0.3, -0.25) is 4.79 Å². The van der Waals surface area contributed by atoms with Crippen LogP contribution in [0.1, 0.15) is 16.8 Å². The van der Waals surface area contributed by atoms with Gasteiger partial charge in [-0.05, 0) is 18.2 Å².